The maximum atomic E-state index is 12.2. The number of nitrogens with two attached hydrogens (primary N) is 1. The Balaban J connectivity index is 2.03. The molecule has 0 aliphatic heterocycles. The summed E-state index contributed by atoms with van der Waals surface area (Å²) < 4.78 is 0. The van der Waals surface area contributed by atoms with Crippen molar-refractivity contribution in [2.75, 3.05) is 5.32 Å². The Labute approximate surface area is 146 Å². The van der Waals surface area contributed by atoms with E-state index in [1.54, 1.807) is 6.07 Å². The number of anilines is 1. The smallest absolute Gasteiger partial charge is 0.292 e. The summed E-state index contributed by atoms with van der Waals surface area (Å²) in [5.41, 5.74) is 5.87. The highest BCUT2D eigenvalue weighted by Gasteiger charge is 2.22. The van der Waals surface area contributed by atoms with Gasteiger partial charge in [0.2, 0.25) is 11.8 Å². The second-order valence-corrected chi connectivity index (χ2v) is 6.43. The molecule has 2 amide bonds. The van der Waals surface area contributed by atoms with Gasteiger partial charge in [0.1, 0.15) is 11.7 Å². The number of hydrogen-bond donors (Lipinski definition) is 3. The zero-order valence-electron chi connectivity index (χ0n) is 14.3. The second kappa shape index (κ2) is 8.46. The van der Waals surface area contributed by atoms with Gasteiger partial charge in [-0.1, -0.05) is 25.3 Å². The Kier molecular flexibility index (Phi) is 6.32. The molecule has 0 radical (unpaired) electrons. The molecule has 0 saturated heterocycles. The monoisotopic (exact) mass is 348 g/mol. The van der Waals surface area contributed by atoms with Crippen molar-refractivity contribution in [3.05, 3.63) is 33.9 Å². The normalized spacial score (nSPS) is 16.0. The van der Waals surface area contributed by atoms with Gasteiger partial charge in [0, 0.05) is 18.5 Å². The largest absolute Gasteiger partial charge is 0.368 e. The van der Waals surface area contributed by atoms with Gasteiger partial charge in [-0.25, -0.2) is 0 Å². The van der Waals surface area contributed by atoms with Crippen molar-refractivity contribution in [3.8, 4) is 0 Å². The van der Waals surface area contributed by atoms with Crippen LogP contribution in [0, 0.1) is 16.0 Å². The number of nitrogens with one attached hydrogen (secondary N) is 2. The first-order valence-corrected chi connectivity index (χ1v) is 8.49. The van der Waals surface area contributed by atoms with Gasteiger partial charge in [0.15, 0.2) is 0 Å². The van der Waals surface area contributed by atoms with Crippen molar-refractivity contribution in [2.24, 2.45) is 11.7 Å². The number of nitrogens with zero attached hydrogens (tertiary/aromatic N) is 1. The molecule has 8 heteroatoms. The van der Waals surface area contributed by atoms with Crippen LogP contribution >= 0.6 is 0 Å². The molecule has 1 aliphatic carbocycles. The van der Waals surface area contributed by atoms with Crippen molar-refractivity contribution in [1.29, 1.82) is 0 Å². The molecule has 1 aromatic rings. The van der Waals surface area contributed by atoms with Crippen LogP contribution in [0.5, 0.6) is 0 Å². The SMILES string of the molecule is CC(Nc1ccc(CNC(=O)C2CCCCC2)cc1[N+](=O)[O-])C(N)=O. The fraction of sp³-hybridized carbons (Fsp3) is 0.529. The minimum Gasteiger partial charge on any atom is -0.368 e. The standard InChI is InChI=1S/C17H24N4O4/c1-11(16(18)22)20-14-8-7-12(9-15(14)21(24)25)10-19-17(23)13-5-3-2-4-6-13/h7-9,11,13,20H,2-6,10H2,1H3,(H2,18,22)(H,19,23). The molecule has 1 unspecified atom stereocenters. The lowest BCUT2D eigenvalue weighted by Gasteiger charge is -2.20. The van der Waals surface area contributed by atoms with Crippen molar-refractivity contribution in [2.45, 2.75) is 51.6 Å². The van der Waals surface area contributed by atoms with E-state index in [1.807, 2.05) is 0 Å². The maximum absolute atomic E-state index is 12.2. The van der Waals surface area contributed by atoms with Gasteiger partial charge in [-0.2, -0.15) is 0 Å². The van der Waals surface area contributed by atoms with Gasteiger partial charge in [-0.15, -0.1) is 0 Å². The lowest BCUT2D eigenvalue weighted by Crippen LogP contribution is -2.32. The molecule has 1 fully saturated rings. The summed E-state index contributed by atoms with van der Waals surface area (Å²) in [7, 11) is 0. The molecule has 2 rings (SSSR count). The first-order valence-electron chi connectivity index (χ1n) is 8.49. The summed E-state index contributed by atoms with van der Waals surface area (Å²) in [6, 6.07) is 3.89. The van der Waals surface area contributed by atoms with E-state index in [0.717, 1.165) is 25.7 Å². The summed E-state index contributed by atoms with van der Waals surface area (Å²) in [5.74, 6) is -0.550. The summed E-state index contributed by atoms with van der Waals surface area (Å²) in [5, 5.41) is 16.9. The Morgan fingerprint density at radius 1 is 1.32 bits per heavy atom. The Morgan fingerprint density at radius 3 is 2.60 bits per heavy atom. The number of rotatable bonds is 7. The lowest BCUT2D eigenvalue weighted by atomic mass is 9.88. The third kappa shape index (κ3) is 5.17. The molecule has 1 atom stereocenters. The fourth-order valence-corrected chi connectivity index (χ4v) is 2.96. The lowest BCUT2D eigenvalue weighted by molar-refractivity contribution is -0.384. The number of amides is 2. The van der Waals surface area contributed by atoms with Crippen molar-refractivity contribution >= 4 is 23.2 Å². The summed E-state index contributed by atoms with van der Waals surface area (Å²) >= 11 is 0. The summed E-state index contributed by atoms with van der Waals surface area (Å²) in [6.45, 7) is 1.77. The van der Waals surface area contributed by atoms with Gasteiger partial charge < -0.3 is 16.4 Å². The molecule has 1 aliphatic rings. The molecular weight excluding hydrogens is 324 g/mol. The van der Waals surface area contributed by atoms with E-state index >= 15 is 0 Å². The third-order valence-electron chi connectivity index (χ3n) is 4.50. The maximum Gasteiger partial charge on any atom is 0.292 e. The van der Waals surface area contributed by atoms with Crippen LogP contribution in [0.2, 0.25) is 0 Å². The Morgan fingerprint density at radius 2 is 2.00 bits per heavy atom. The van der Waals surface area contributed by atoms with Crippen LogP contribution < -0.4 is 16.4 Å². The van der Waals surface area contributed by atoms with Crippen LogP contribution in [0.15, 0.2) is 18.2 Å². The number of carbonyl (C=O) groups excluding carboxylic acids is 2. The van der Waals surface area contributed by atoms with E-state index in [-0.39, 0.29) is 29.7 Å². The predicted molar refractivity (Wildman–Crippen MR) is 93.8 cm³/mol. The van der Waals surface area contributed by atoms with Crippen LogP contribution in [-0.4, -0.2) is 22.8 Å². The van der Waals surface area contributed by atoms with E-state index < -0.39 is 16.9 Å². The number of benzene rings is 1. The Bertz CT molecular complexity index is 656. The van der Waals surface area contributed by atoms with E-state index in [2.05, 4.69) is 10.6 Å². The highest BCUT2D eigenvalue weighted by atomic mass is 16.6. The van der Waals surface area contributed by atoms with Crippen LogP contribution in [0.25, 0.3) is 0 Å². The average molecular weight is 348 g/mol. The molecule has 0 bridgehead atoms. The first kappa shape index (κ1) is 18.7. The molecule has 8 nitrogen and oxygen atoms in total. The van der Waals surface area contributed by atoms with Gasteiger partial charge in [0.05, 0.1) is 4.92 Å². The highest BCUT2D eigenvalue weighted by molar-refractivity contribution is 5.83. The van der Waals surface area contributed by atoms with Crippen LogP contribution in [0.1, 0.15) is 44.6 Å². The number of nitro benzene ring substituents is 1. The average Bonchev–Trinajstić information content (AvgIpc) is 2.60. The quantitative estimate of drug-likeness (QED) is 0.513. The molecule has 4 N–H and O–H groups in total. The van der Waals surface area contributed by atoms with Gasteiger partial charge in [-0.3, -0.25) is 19.7 Å². The van der Waals surface area contributed by atoms with E-state index in [4.69, 9.17) is 5.73 Å². The summed E-state index contributed by atoms with van der Waals surface area (Å²) in [6.07, 6.45) is 5.12. The molecular formula is C17H24N4O4. The zero-order valence-corrected chi connectivity index (χ0v) is 14.3. The molecule has 1 saturated carbocycles. The summed E-state index contributed by atoms with van der Waals surface area (Å²) in [4.78, 5) is 34.0. The van der Waals surface area contributed by atoms with Gasteiger partial charge in [0.25, 0.3) is 5.69 Å². The van der Waals surface area contributed by atoms with Crippen LogP contribution in [0.3, 0.4) is 0 Å². The molecule has 25 heavy (non-hydrogen) atoms. The van der Waals surface area contributed by atoms with Crippen molar-refractivity contribution < 1.29 is 14.5 Å². The van der Waals surface area contributed by atoms with Gasteiger partial charge >= 0.3 is 0 Å². The molecule has 0 aromatic heterocycles. The second-order valence-electron chi connectivity index (χ2n) is 6.43. The van der Waals surface area contributed by atoms with E-state index in [9.17, 15) is 19.7 Å². The minimum absolute atomic E-state index is 0.00639. The zero-order chi connectivity index (χ0) is 18.4. The molecule has 1 aromatic carbocycles. The first-order chi connectivity index (χ1) is 11.9. The van der Waals surface area contributed by atoms with Crippen molar-refractivity contribution in [1.82, 2.24) is 5.32 Å². The number of primary amides is 1. The predicted octanol–water partition coefficient (Wildman–Crippen LogP) is 2.08. The van der Waals surface area contributed by atoms with Crippen LogP contribution in [-0.2, 0) is 16.1 Å². The van der Waals surface area contributed by atoms with Crippen molar-refractivity contribution in [3.63, 3.8) is 0 Å². The highest BCUT2D eigenvalue weighted by Crippen LogP contribution is 2.27. The number of hydrogen-bond acceptors (Lipinski definition) is 5. The Hall–Kier alpha value is -2.64. The third-order valence-corrected chi connectivity index (χ3v) is 4.50. The molecule has 136 valence electrons. The molecule has 0 spiro atoms. The fourth-order valence-electron chi connectivity index (χ4n) is 2.96. The topological polar surface area (TPSA) is 127 Å². The van der Waals surface area contributed by atoms with Crippen LogP contribution in [0.4, 0.5) is 11.4 Å². The number of nitro groups is 1. The van der Waals surface area contributed by atoms with E-state index in [0.29, 0.717) is 5.56 Å². The van der Waals surface area contributed by atoms with E-state index in [1.165, 1.54) is 25.5 Å². The number of carbonyl (C=O) groups is 2. The molecule has 0 heterocycles. The minimum atomic E-state index is -0.726. The van der Waals surface area contributed by atoms with Gasteiger partial charge in [-0.05, 0) is 31.4 Å².